The van der Waals surface area contributed by atoms with E-state index in [9.17, 15) is 19.5 Å². The lowest BCUT2D eigenvalue weighted by Gasteiger charge is -2.31. The molecule has 0 aliphatic carbocycles. The van der Waals surface area contributed by atoms with Crippen LogP contribution in [0.25, 0.3) is 0 Å². The number of rotatable bonds is 13. The standard InChI is InChI=1S/C35H48N4O6/c1-6-7-14-39(26-10-8-9-24(16-26)19-36(4)5)32(41)21-38-20-27(25-11-12-29-30(17-25)45-23-44-29)33(34(42)43)28(38)13-15-37-22-35(2,3)18-31(37)40/h8-12,16-17,27-28,33H,6-7,13-15,18-23H2,1-5H3,(H,42,43)/p+1. The number of unbranched alkanes of at least 4 members (excludes halogenated alkanes) is 1. The van der Waals surface area contributed by atoms with E-state index in [1.165, 1.54) is 4.90 Å². The van der Waals surface area contributed by atoms with Gasteiger partial charge in [-0.05, 0) is 48.1 Å². The molecule has 3 unspecified atom stereocenters. The molecule has 0 bridgehead atoms. The number of carboxylic acid groups (broad SMARTS) is 1. The number of aliphatic carboxylic acids is 1. The highest BCUT2D eigenvalue weighted by Crippen LogP contribution is 2.43. The van der Waals surface area contributed by atoms with Crippen molar-refractivity contribution in [2.75, 3.05) is 58.5 Å². The third-order valence-electron chi connectivity index (χ3n) is 9.31. The molecule has 2 saturated heterocycles. The molecule has 10 nitrogen and oxygen atoms in total. The van der Waals surface area contributed by atoms with Gasteiger partial charge in [0.25, 0.3) is 0 Å². The van der Waals surface area contributed by atoms with E-state index >= 15 is 0 Å². The number of carbonyl (C=O) groups excluding carboxylic acids is 2. The number of fused-ring (bicyclic) bond motifs is 1. The van der Waals surface area contributed by atoms with E-state index in [0.29, 0.717) is 50.5 Å². The maximum absolute atomic E-state index is 14.2. The van der Waals surface area contributed by atoms with Gasteiger partial charge >= 0.3 is 5.97 Å². The van der Waals surface area contributed by atoms with Crippen molar-refractivity contribution in [2.24, 2.45) is 11.3 Å². The predicted molar refractivity (Wildman–Crippen MR) is 172 cm³/mol. The zero-order valence-electron chi connectivity index (χ0n) is 27.4. The molecule has 0 spiro atoms. The van der Waals surface area contributed by atoms with Crippen LogP contribution in [-0.4, -0.2) is 92.3 Å². The van der Waals surface area contributed by atoms with Crippen LogP contribution in [0.15, 0.2) is 42.5 Å². The third kappa shape index (κ3) is 7.61. The Morgan fingerprint density at radius 1 is 1.11 bits per heavy atom. The van der Waals surface area contributed by atoms with Crippen molar-refractivity contribution in [3.8, 4) is 11.5 Å². The molecule has 2 aromatic rings. The summed E-state index contributed by atoms with van der Waals surface area (Å²) >= 11 is 0. The van der Waals surface area contributed by atoms with Crippen LogP contribution in [0.4, 0.5) is 5.69 Å². The molecule has 2 N–H and O–H groups in total. The molecule has 45 heavy (non-hydrogen) atoms. The fourth-order valence-electron chi connectivity index (χ4n) is 7.22. The Morgan fingerprint density at radius 3 is 2.58 bits per heavy atom. The fraction of sp³-hybridized carbons (Fsp3) is 0.571. The molecule has 244 valence electrons. The predicted octanol–water partition coefficient (Wildman–Crippen LogP) is 3.01. The van der Waals surface area contributed by atoms with E-state index in [1.54, 1.807) is 0 Å². The van der Waals surface area contributed by atoms with Crippen molar-refractivity contribution in [2.45, 2.75) is 65.0 Å². The highest BCUT2D eigenvalue weighted by molar-refractivity contribution is 5.95. The molecule has 0 radical (unpaired) electrons. The third-order valence-corrected chi connectivity index (χ3v) is 9.31. The maximum Gasteiger partial charge on any atom is 0.308 e. The number of ether oxygens (including phenoxy) is 2. The number of quaternary nitrogens is 1. The molecule has 2 fully saturated rings. The van der Waals surface area contributed by atoms with E-state index in [-0.39, 0.29) is 36.5 Å². The van der Waals surface area contributed by atoms with Crippen molar-refractivity contribution in [3.05, 3.63) is 53.6 Å². The quantitative estimate of drug-likeness (QED) is 0.355. The number of amides is 2. The van der Waals surface area contributed by atoms with E-state index in [4.69, 9.17) is 9.47 Å². The summed E-state index contributed by atoms with van der Waals surface area (Å²) in [4.78, 5) is 47.1. The van der Waals surface area contributed by atoms with E-state index in [1.807, 2.05) is 40.1 Å². The summed E-state index contributed by atoms with van der Waals surface area (Å²) in [5.74, 6) is -0.686. The first-order valence-corrected chi connectivity index (χ1v) is 16.3. The number of anilines is 1. The topological polar surface area (TPSA) is 104 Å². The maximum atomic E-state index is 14.2. The summed E-state index contributed by atoms with van der Waals surface area (Å²) < 4.78 is 11.1. The molecular weight excluding hydrogens is 572 g/mol. The van der Waals surface area contributed by atoms with Crippen LogP contribution < -0.4 is 19.3 Å². The van der Waals surface area contributed by atoms with Crippen LogP contribution in [0.3, 0.4) is 0 Å². The summed E-state index contributed by atoms with van der Waals surface area (Å²) in [6.45, 7) is 9.49. The van der Waals surface area contributed by atoms with E-state index in [0.717, 1.165) is 36.2 Å². The SMILES string of the molecule is CCCCN(C(=O)CN1CC(c2ccc3c(c2)OCO3)C(C(=O)O)C1CCN1CC(C)(C)CC1=O)c1cccc(C[NH+](C)C)c1. The van der Waals surface area contributed by atoms with Gasteiger partial charge in [-0.1, -0.05) is 45.4 Å². The van der Waals surface area contributed by atoms with Crippen molar-refractivity contribution in [1.29, 1.82) is 0 Å². The number of carbonyl (C=O) groups is 3. The number of benzene rings is 2. The molecule has 3 aliphatic heterocycles. The summed E-state index contributed by atoms with van der Waals surface area (Å²) in [5, 5.41) is 10.6. The average molecular weight is 622 g/mol. The first-order chi connectivity index (χ1) is 21.5. The Bertz CT molecular complexity index is 1390. The first-order valence-electron chi connectivity index (χ1n) is 16.3. The van der Waals surface area contributed by atoms with Gasteiger partial charge in [0, 0.05) is 55.8 Å². The van der Waals surface area contributed by atoms with Crippen LogP contribution >= 0.6 is 0 Å². The lowest BCUT2D eigenvalue weighted by atomic mass is 9.84. The minimum Gasteiger partial charge on any atom is -0.481 e. The van der Waals surface area contributed by atoms with Gasteiger partial charge in [0.1, 0.15) is 6.54 Å². The smallest absolute Gasteiger partial charge is 0.308 e. The number of nitrogens with zero attached hydrogens (tertiary/aromatic N) is 3. The second-order valence-corrected chi connectivity index (χ2v) is 14.0. The number of likely N-dealkylation sites (tertiary alicyclic amines) is 2. The fourth-order valence-corrected chi connectivity index (χ4v) is 7.22. The van der Waals surface area contributed by atoms with Crippen molar-refractivity contribution in [1.82, 2.24) is 9.80 Å². The number of hydrogen-bond donors (Lipinski definition) is 2. The Morgan fingerprint density at radius 2 is 1.89 bits per heavy atom. The highest BCUT2D eigenvalue weighted by atomic mass is 16.7. The summed E-state index contributed by atoms with van der Waals surface area (Å²) in [5.41, 5.74) is 2.78. The monoisotopic (exact) mass is 621 g/mol. The highest BCUT2D eigenvalue weighted by Gasteiger charge is 2.48. The Balaban J connectivity index is 1.43. The Kier molecular flexibility index (Phi) is 10.0. The van der Waals surface area contributed by atoms with Gasteiger partial charge in [0.05, 0.1) is 26.6 Å². The van der Waals surface area contributed by atoms with Crippen LogP contribution in [0, 0.1) is 11.3 Å². The largest absolute Gasteiger partial charge is 0.481 e. The molecule has 2 amide bonds. The zero-order valence-corrected chi connectivity index (χ0v) is 27.4. The Labute approximate surface area is 266 Å². The zero-order chi connectivity index (χ0) is 32.3. The van der Waals surface area contributed by atoms with Gasteiger partial charge in [0.15, 0.2) is 11.5 Å². The number of carboxylic acids is 1. The molecule has 5 rings (SSSR count). The van der Waals surface area contributed by atoms with Crippen LogP contribution in [0.5, 0.6) is 11.5 Å². The van der Waals surface area contributed by atoms with Crippen molar-refractivity contribution in [3.63, 3.8) is 0 Å². The van der Waals surface area contributed by atoms with Crippen LogP contribution in [-0.2, 0) is 20.9 Å². The van der Waals surface area contributed by atoms with Gasteiger partial charge in [-0.2, -0.15) is 0 Å². The lowest BCUT2D eigenvalue weighted by Crippen LogP contribution is -3.04. The molecule has 3 heterocycles. The number of hydrogen-bond acceptors (Lipinski definition) is 6. The normalized spacial score (nSPS) is 22.4. The van der Waals surface area contributed by atoms with Crippen molar-refractivity contribution < 1.29 is 33.9 Å². The van der Waals surface area contributed by atoms with E-state index in [2.05, 4.69) is 51.9 Å². The molecule has 0 aromatic heterocycles. The van der Waals surface area contributed by atoms with Gasteiger partial charge in [-0.15, -0.1) is 0 Å². The summed E-state index contributed by atoms with van der Waals surface area (Å²) in [7, 11) is 4.21. The Hall–Kier alpha value is -3.63. The molecular formula is C35H49N4O6+. The van der Waals surface area contributed by atoms with Gasteiger partial charge in [-0.3, -0.25) is 19.3 Å². The van der Waals surface area contributed by atoms with Crippen molar-refractivity contribution >= 4 is 23.5 Å². The molecule has 3 aliphatic rings. The molecule has 3 atom stereocenters. The lowest BCUT2D eigenvalue weighted by molar-refractivity contribution is -0.872. The first kappa shape index (κ1) is 32.8. The number of nitrogens with one attached hydrogen (secondary N) is 1. The second-order valence-electron chi connectivity index (χ2n) is 14.0. The minimum absolute atomic E-state index is 0.0448. The molecule has 0 saturated carbocycles. The average Bonchev–Trinajstić information content (AvgIpc) is 3.66. The van der Waals surface area contributed by atoms with Crippen LogP contribution in [0.2, 0.25) is 0 Å². The summed E-state index contributed by atoms with van der Waals surface area (Å²) in [6, 6.07) is 13.4. The molecule has 10 heteroatoms. The van der Waals surface area contributed by atoms with Gasteiger partial charge in [-0.25, -0.2) is 0 Å². The van der Waals surface area contributed by atoms with Gasteiger partial charge < -0.3 is 29.3 Å². The van der Waals surface area contributed by atoms with Gasteiger partial charge in [0.2, 0.25) is 18.6 Å². The molecule has 2 aromatic carbocycles. The minimum atomic E-state index is -0.896. The van der Waals surface area contributed by atoms with E-state index < -0.39 is 17.9 Å². The summed E-state index contributed by atoms with van der Waals surface area (Å²) in [6.07, 6.45) is 2.78. The van der Waals surface area contributed by atoms with Crippen LogP contribution in [0.1, 0.15) is 63.5 Å². The second kappa shape index (κ2) is 13.8.